The van der Waals surface area contributed by atoms with Crippen LogP contribution in [0.3, 0.4) is 0 Å². The molecule has 0 fully saturated rings. The molecule has 0 saturated heterocycles. The van der Waals surface area contributed by atoms with Crippen LogP contribution < -0.4 is 0 Å². The molecule has 2 nitrogen and oxygen atoms in total. The van der Waals surface area contributed by atoms with Gasteiger partial charge in [-0.25, -0.2) is 0 Å². The van der Waals surface area contributed by atoms with Gasteiger partial charge in [-0.2, -0.15) is 5.06 Å². The SMILES string of the molecule is CCC.CCC(C)N(O)C(C)CC. The lowest BCUT2D eigenvalue weighted by Gasteiger charge is -2.26. The maximum Gasteiger partial charge on any atom is 0.0322 e. The van der Waals surface area contributed by atoms with Crippen LogP contribution in [0.5, 0.6) is 0 Å². The van der Waals surface area contributed by atoms with Crippen molar-refractivity contribution in [2.45, 2.75) is 72.9 Å². The van der Waals surface area contributed by atoms with Crippen LogP contribution in [0, 0.1) is 0 Å². The van der Waals surface area contributed by atoms with E-state index >= 15 is 0 Å². The predicted molar refractivity (Wildman–Crippen MR) is 59.1 cm³/mol. The first kappa shape index (κ1) is 15.4. The first-order valence-electron chi connectivity index (χ1n) is 5.52. The Hall–Kier alpha value is -0.0800. The molecule has 2 unspecified atom stereocenters. The van der Waals surface area contributed by atoms with Crippen LogP contribution in [-0.2, 0) is 0 Å². The van der Waals surface area contributed by atoms with E-state index in [-0.39, 0.29) is 12.1 Å². The van der Waals surface area contributed by atoms with Gasteiger partial charge in [0.25, 0.3) is 0 Å². The molecule has 0 aromatic heterocycles. The van der Waals surface area contributed by atoms with Crippen molar-refractivity contribution in [1.29, 1.82) is 0 Å². The Morgan fingerprint density at radius 3 is 1.31 bits per heavy atom. The summed E-state index contributed by atoms with van der Waals surface area (Å²) >= 11 is 0. The highest BCUT2D eigenvalue weighted by Crippen LogP contribution is 2.06. The first-order chi connectivity index (χ1) is 6.04. The molecular formula is C11H27NO. The minimum atomic E-state index is 0.287. The lowest BCUT2D eigenvalue weighted by atomic mass is 10.2. The summed E-state index contributed by atoms with van der Waals surface area (Å²) in [5.41, 5.74) is 0. The fourth-order valence-electron chi connectivity index (χ4n) is 0.809. The lowest BCUT2D eigenvalue weighted by molar-refractivity contribution is -0.152. The third-order valence-corrected chi connectivity index (χ3v) is 2.08. The highest BCUT2D eigenvalue weighted by atomic mass is 16.5. The Labute approximate surface area is 83.9 Å². The molecule has 0 rings (SSSR count). The van der Waals surface area contributed by atoms with Crippen molar-refractivity contribution >= 4 is 0 Å². The summed E-state index contributed by atoms with van der Waals surface area (Å²) in [6.45, 7) is 12.5. The fraction of sp³-hybridized carbons (Fsp3) is 1.00. The van der Waals surface area contributed by atoms with Crippen LogP contribution in [0.1, 0.15) is 60.8 Å². The van der Waals surface area contributed by atoms with E-state index in [9.17, 15) is 5.21 Å². The van der Waals surface area contributed by atoms with E-state index in [1.54, 1.807) is 0 Å². The monoisotopic (exact) mass is 189 g/mol. The molecule has 0 aliphatic rings. The Balaban J connectivity index is 0. The predicted octanol–water partition coefficient (Wildman–Crippen LogP) is 3.69. The zero-order chi connectivity index (χ0) is 10.9. The summed E-state index contributed by atoms with van der Waals surface area (Å²) in [7, 11) is 0. The second kappa shape index (κ2) is 10.0. The smallest absolute Gasteiger partial charge is 0.0322 e. The molecule has 1 N–H and O–H groups in total. The fourth-order valence-corrected chi connectivity index (χ4v) is 0.809. The highest BCUT2D eigenvalue weighted by molar-refractivity contribution is 4.62. The van der Waals surface area contributed by atoms with Crippen LogP contribution in [0.2, 0.25) is 0 Å². The third-order valence-electron chi connectivity index (χ3n) is 2.08. The standard InChI is InChI=1S/C8H19NO.C3H8/c1-5-7(3)9(10)8(4)6-2;1-3-2/h7-8,10H,5-6H2,1-4H3;3H2,1-2H3. The van der Waals surface area contributed by atoms with Gasteiger partial charge in [-0.15, -0.1) is 0 Å². The summed E-state index contributed by atoms with van der Waals surface area (Å²) in [4.78, 5) is 0. The van der Waals surface area contributed by atoms with Crippen molar-refractivity contribution in [2.75, 3.05) is 0 Å². The van der Waals surface area contributed by atoms with Gasteiger partial charge in [0.15, 0.2) is 0 Å². The Morgan fingerprint density at radius 2 is 1.15 bits per heavy atom. The zero-order valence-electron chi connectivity index (χ0n) is 10.2. The lowest BCUT2D eigenvalue weighted by Crippen LogP contribution is -2.36. The largest absolute Gasteiger partial charge is 0.313 e. The number of hydroxylamine groups is 2. The van der Waals surface area contributed by atoms with Crippen molar-refractivity contribution in [3.05, 3.63) is 0 Å². The third kappa shape index (κ3) is 8.26. The summed E-state index contributed by atoms with van der Waals surface area (Å²) in [5, 5.41) is 10.9. The minimum Gasteiger partial charge on any atom is -0.313 e. The second-order valence-electron chi connectivity index (χ2n) is 3.60. The molecule has 0 amide bonds. The molecule has 0 aromatic carbocycles. The van der Waals surface area contributed by atoms with Crippen molar-refractivity contribution < 1.29 is 5.21 Å². The minimum absolute atomic E-state index is 0.287. The van der Waals surface area contributed by atoms with Gasteiger partial charge in [-0.3, -0.25) is 0 Å². The topological polar surface area (TPSA) is 23.5 Å². The number of hydrogen-bond acceptors (Lipinski definition) is 2. The molecule has 2 atom stereocenters. The van der Waals surface area contributed by atoms with Gasteiger partial charge >= 0.3 is 0 Å². The molecule has 0 heterocycles. The molecule has 13 heavy (non-hydrogen) atoms. The van der Waals surface area contributed by atoms with Crippen LogP contribution in [0.25, 0.3) is 0 Å². The summed E-state index contributed by atoms with van der Waals surface area (Å²) in [5.74, 6) is 0. The summed E-state index contributed by atoms with van der Waals surface area (Å²) < 4.78 is 0. The van der Waals surface area contributed by atoms with Gasteiger partial charge < -0.3 is 5.21 Å². The maximum atomic E-state index is 9.42. The number of nitrogens with zero attached hydrogens (tertiary/aromatic N) is 1. The molecule has 0 radical (unpaired) electrons. The molecule has 2 heteroatoms. The average molecular weight is 189 g/mol. The van der Waals surface area contributed by atoms with E-state index in [0.29, 0.717) is 0 Å². The van der Waals surface area contributed by atoms with Gasteiger partial charge in [-0.05, 0) is 26.7 Å². The van der Waals surface area contributed by atoms with Gasteiger partial charge in [0, 0.05) is 12.1 Å². The van der Waals surface area contributed by atoms with E-state index in [0.717, 1.165) is 12.8 Å². The van der Waals surface area contributed by atoms with Crippen LogP contribution in [0.15, 0.2) is 0 Å². The number of hydrogen-bond donors (Lipinski definition) is 1. The molecule has 0 aliphatic heterocycles. The van der Waals surface area contributed by atoms with Crippen molar-refractivity contribution in [3.63, 3.8) is 0 Å². The molecule has 0 spiro atoms. The molecule has 0 bridgehead atoms. The highest BCUT2D eigenvalue weighted by Gasteiger charge is 2.13. The van der Waals surface area contributed by atoms with Crippen LogP contribution >= 0.6 is 0 Å². The van der Waals surface area contributed by atoms with Gasteiger partial charge in [0.05, 0.1) is 0 Å². The quantitative estimate of drug-likeness (QED) is 0.682. The van der Waals surface area contributed by atoms with E-state index in [1.165, 1.54) is 11.5 Å². The average Bonchev–Trinajstić information content (AvgIpc) is 2.15. The molecule has 0 aromatic rings. The zero-order valence-corrected chi connectivity index (χ0v) is 10.2. The molecule has 0 saturated carbocycles. The summed E-state index contributed by atoms with van der Waals surface area (Å²) in [6, 6.07) is 0.574. The molecule has 82 valence electrons. The first-order valence-corrected chi connectivity index (χ1v) is 5.52. The van der Waals surface area contributed by atoms with Gasteiger partial charge in [-0.1, -0.05) is 34.1 Å². The van der Waals surface area contributed by atoms with Crippen molar-refractivity contribution in [3.8, 4) is 0 Å². The van der Waals surface area contributed by atoms with Crippen LogP contribution in [0.4, 0.5) is 0 Å². The second-order valence-corrected chi connectivity index (χ2v) is 3.60. The normalized spacial score (nSPS) is 14.8. The van der Waals surface area contributed by atoms with Gasteiger partial charge in [0.2, 0.25) is 0 Å². The van der Waals surface area contributed by atoms with E-state index in [4.69, 9.17) is 0 Å². The van der Waals surface area contributed by atoms with E-state index in [2.05, 4.69) is 27.7 Å². The van der Waals surface area contributed by atoms with Gasteiger partial charge in [0.1, 0.15) is 0 Å². The molecular weight excluding hydrogens is 162 g/mol. The number of rotatable bonds is 4. The van der Waals surface area contributed by atoms with E-state index in [1.807, 2.05) is 13.8 Å². The van der Waals surface area contributed by atoms with Crippen molar-refractivity contribution in [1.82, 2.24) is 5.06 Å². The Bertz CT molecular complexity index is 86.1. The molecule has 0 aliphatic carbocycles. The summed E-state index contributed by atoms with van der Waals surface area (Å²) in [6.07, 6.45) is 3.25. The van der Waals surface area contributed by atoms with Crippen molar-refractivity contribution in [2.24, 2.45) is 0 Å². The van der Waals surface area contributed by atoms with E-state index < -0.39 is 0 Å². The maximum absolute atomic E-state index is 9.42. The Morgan fingerprint density at radius 1 is 0.923 bits per heavy atom. The van der Waals surface area contributed by atoms with Crippen LogP contribution in [-0.4, -0.2) is 22.4 Å². The Kier molecular flexibility index (Phi) is 11.8.